The summed E-state index contributed by atoms with van der Waals surface area (Å²) >= 11 is 0. The van der Waals surface area contributed by atoms with E-state index >= 15 is 0 Å². The number of para-hydroxylation sites is 1. The normalized spacial score (nSPS) is 14.2. The van der Waals surface area contributed by atoms with Gasteiger partial charge in [-0.25, -0.2) is 0 Å². The summed E-state index contributed by atoms with van der Waals surface area (Å²) in [6.07, 6.45) is 7.06. The van der Waals surface area contributed by atoms with Crippen molar-refractivity contribution in [2.24, 2.45) is 0 Å². The fraction of sp³-hybridized carbons (Fsp3) is 0.0909. The van der Waals surface area contributed by atoms with E-state index in [1.54, 1.807) is 0 Å². The van der Waals surface area contributed by atoms with E-state index in [1.807, 2.05) is 0 Å². The molecule has 264 valence electrons. The standard InChI is InChI=1S/C55H38O/c1-55(2)49-22-12-10-16-38(49)47-31-46(44-30-45-39-17-11-13-23-50(39)56-51(45)32-48(44)54(47)55)53-42-20-8-6-18-40(42)52(41-19-7-9-21-43(41)53)37-27-26-35-28-34(24-25-36(35)29-37)33-14-4-3-5-15-33/h3-6,8,10-32H,7,9H2,1-2H3. The quantitative estimate of drug-likeness (QED) is 0.178. The molecule has 2 aliphatic carbocycles. The smallest absolute Gasteiger partial charge is 0.136 e. The Morgan fingerprint density at radius 3 is 1.86 bits per heavy atom. The van der Waals surface area contributed by atoms with Gasteiger partial charge >= 0.3 is 0 Å². The van der Waals surface area contributed by atoms with Crippen molar-refractivity contribution in [3.63, 3.8) is 0 Å². The molecule has 9 aromatic carbocycles. The maximum absolute atomic E-state index is 6.58. The van der Waals surface area contributed by atoms with Gasteiger partial charge in [0, 0.05) is 16.2 Å². The van der Waals surface area contributed by atoms with Crippen LogP contribution in [-0.2, 0) is 5.41 Å². The number of benzene rings is 9. The van der Waals surface area contributed by atoms with Gasteiger partial charge in [-0.15, -0.1) is 0 Å². The Balaban J connectivity index is 1.18. The molecule has 0 aliphatic heterocycles. The molecule has 10 aromatic rings. The van der Waals surface area contributed by atoms with Gasteiger partial charge in [-0.2, -0.15) is 0 Å². The number of hydrogen-bond acceptors (Lipinski definition) is 1. The molecule has 2 aliphatic rings. The average molecular weight is 715 g/mol. The van der Waals surface area contributed by atoms with Gasteiger partial charge in [0.1, 0.15) is 11.2 Å². The Morgan fingerprint density at radius 1 is 0.411 bits per heavy atom. The lowest BCUT2D eigenvalue weighted by molar-refractivity contribution is 0.663. The van der Waals surface area contributed by atoms with Crippen LogP contribution in [0.3, 0.4) is 0 Å². The molecular weight excluding hydrogens is 677 g/mol. The van der Waals surface area contributed by atoms with Crippen LogP contribution >= 0.6 is 0 Å². The van der Waals surface area contributed by atoms with Crippen molar-refractivity contribution >= 4 is 66.4 Å². The van der Waals surface area contributed by atoms with E-state index in [2.05, 4.69) is 184 Å². The Bertz CT molecular complexity index is 3430. The first-order chi connectivity index (χ1) is 27.5. The SMILES string of the molecule is CC1(C)c2ccccc2-c2cc(-c3c4c(c(-c5ccc6cc(-c7ccccc7)ccc6c5)c5ccccc35)=CCCC=4)c3cc4c(cc3c21)oc1ccccc14. The maximum Gasteiger partial charge on any atom is 0.136 e. The second-order valence-corrected chi connectivity index (χ2v) is 16.3. The maximum atomic E-state index is 6.58. The van der Waals surface area contributed by atoms with Crippen LogP contribution in [0.2, 0.25) is 0 Å². The highest BCUT2D eigenvalue weighted by Crippen LogP contribution is 2.54. The Labute approximate surface area is 325 Å². The summed E-state index contributed by atoms with van der Waals surface area (Å²) in [4.78, 5) is 0. The minimum Gasteiger partial charge on any atom is -0.456 e. The number of furan rings is 1. The van der Waals surface area contributed by atoms with Gasteiger partial charge in [0.25, 0.3) is 0 Å². The van der Waals surface area contributed by atoms with Gasteiger partial charge < -0.3 is 4.42 Å². The predicted octanol–water partition coefficient (Wildman–Crippen LogP) is 13.7. The van der Waals surface area contributed by atoms with Crippen LogP contribution in [0.5, 0.6) is 0 Å². The van der Waals surface area contributed by atoms with Crippen LogP contribution in [-0.4, -0.2) is 0 Å². The highest BCUT2D eigenvalue weighted by atomic mass is 16.3. The van der Waals surface area contributed by atoms with E-state index in [0.717, 1.165) is 29.4 Å². The van der Waals surface area contributed by atoms with Crippen LogP contribution in [0, 0.1) is 0 Å². The summed E-state index contributed by atoms with van der Waals surface area (Å²) in [6.45, 7) is 4.78. The van der Waals surface area contributed by atoms with Crippen LogP contribution < -0.4 is 10.4 Å². The van der Waals surface area contributed by atoms with Crippen molar-refractivity contribution < 1.29 is 4.42 Å². The highest BCUT2D eigenvalue weighted by Gasteiger charge is 2.38. The first kappa shape index (κ1) is 31.6. The van der Waals surface area contributed by atoms with Gasteiger partial charge in [0.2, 0.25) is 0 Å². The summed E-state index contributed by atoms with van der Waals surface area (Å²) in [7, 11) is 0. The second kappa shape index (κ2) is 11.7. The van der Waals surface area contributed by atoms with Crippen molar-refractivity contribution in [1.82, 2.24) is 0 Å². The Hall–Kier alpha value is -6.70. The number of rotatable bonds is 3. The zero-order valence-corrected chi connectivity index (χ0v) is 31.5. The van der Waals surface area contributed by atoms with E-state index in [0.29, 0.717) is 0 Å². The average Bonchev–Trinajstić information content (AvgIpc) is 3.72. The molecule has 0 saturated heterocycles. The molecule has 0 unspecified atom stereocenters. The van der Waals surface area contributed by atoms with Gasteiger partial charge in [-0.05, 0) is 148 Å². The lowest BCUT2D eigenvalue weighted by Crippen LogP contribution is -2.31. The van der Waals surface area contributed by atoms with Crippen molar-refractivity contribution in [3.05, 3.63) is 179 Å². The minimum atomic E-state index is -0.161. The molecule has 0 atom stereocenters. The molecule has 0 bridgehead atoms. The second-order valence-electron chi connectivity index (χ2n) is 16.3. The molecule has 0 N–H and O–H groups in total. The molecular formula is C55H38O. The van der Waals surface area contributed by atoms with E-state index in [9.17, 15) is 0 Å². The van der Waals surface area contributed by atoms with Crippen molar-refractivity contribution in [2.45, 2.75) is 32.1 Å². The molecule has 1 nitrogen and oxygen atoms in total. The van der Waals surface area contributed by atoms with Crippen molar-refractivity contribution in [3.8, 4) is 44.5 Å². The summed E-state index contributed by atoms with van der Waals surface area (Å²) in [5.41, 5.74) is 14.8. The van der Waals surface area contributed by atoms with Crippen molar-refractivity contribution in [2.75, 3.05) is 0 Å². The van der Waals surface area contributed by atoms with E-state index < -0.39 is 0 Å². The fourth-order valence-corrected chi connectivity index (χ4v) is 10.3. The third-order valence-electron chi connectivity index (χ3n) is 12.8. The third kappa shape index (κ3) is 4.43. The molecule has 12 rings (SSSR count). The molecule has 0 fully saturated rings. The topological polar surface area (TPSA) is 13.1 Å². The van der Waals surface area contributed by atoms with Crippen LogP contribution in [0.25, 0.3) is 111 Å². The molecule has 0 saturated carbocycles. The molecule has 0 radical (unpaired) electrons. The van der Waals surface area contributed by atoms with Crippen molar-refractivity contribution in [1.29, 1.82) is 0 Å². The van der Waals surface area contributed by atoms with Gasteiger partial charge in [-0.3, -0.25) is 0 Å². The molecule has 1 heteroatoms. The Morgan fingerprint density at radius 2 is 1.05 bits per heavy atom. The van der Waals surface area contributed by atoms with Gasteiger partial charge in [-0.1, -0.05) is 147 Å². The van der Waals surface area contributed by atoms with Crippen LogP contribution in [0.1, 0.15) is 37.8 Å². The summed E-state index contributed by atoms with van der Waals surface area (Å²) in [5.74, 6) is 0. The monoisotopic (exact) mass is 714 g/mol. The largest absolute Gasteiger partial charge is 0.456 e. The lowest BCUT2D eigenvalue weighted by Gasteiger charge is -2.25. The first-order valence-electron chi connectivity index (χ1n) is 19.9. The van der Waals surface area contributed by atoms with Gasteiger partial charge in [0.15, 0.2) is 0 Å². The fourth-order valence-electron chi connectivity index (χ4n) is 10.3. The van der Waals surface area contributed by atoms with E-state index in [-0.39, 0.29) is 5.41 Å². The molecule has 1 aromatic heterocycles. The number of hydrogen-bond donors (Lipinski definition) is 0. The molecule has 56 heavy (non-hydrogen) atoms. The zero-order valence-electron chi connectivity index (χ0n) is 31.5. The lowest BCUT2D eigenvalue weighted by atomic mass is 9.78. The first-order valence-corrected chi connectivity index (χ1v) is 19.9. The van der Waals surface area contributed by atoms with E-state index in [4.69, 9.17) is 4.42 Å². The molecule has 0 spiro atoms. The Kier molecular flexibility index (Phi) is 6.58. The predicted molar refractivity (Wildman–Crippen MR) is 238 cm³/mol. The summed E-state index contributed by atoms with van der Waals surface area (Å²) < 4.78 is 6.58. The van der Waals surface area contributed by atoms with Gasteiger partial charge in [0.05, 0.1) is 0 Å². The van der Waals surface area contributed by atoms with Crippen LogP contribution in [0.4, 0.5) is 0 Å². The van der Waals surface area contributed by atoms with E-state index in [1.165, 1.54) is 104 Å². The number of fused-ring (bicyclic) bond motifs is 11. The van der Waals surface area contributed by atoms with Crippen LogP contribution in [0.15, 0.2) is 162 Å². The summed E-state index contributed by atoms with van der Waals surface area (Å²) in [6, 6.07) is 58.5. The molecule has 0 amide bonds. The zero-order chi connectivity index (χ0) is 37.1. The molecule has 1 heterocycles. The highest BCUT2D eigenvalue weighted by molar-refractivity contribution is 6.18. The summed E-state index contributed by atoms with van der Waals surface area (Å²) in [5, 5.41) is 12.7. The third-order valence-corrected chi connectivity index (χ3v) is 12.8. The minimum absolute atomic E-state index is 0.161.